The van der Waals surface area contributed by atoms with E-state index in [1.165, 1.54) is 55.1 Å². The number of benzene rings is 2. The predicted octanol–water partition coefficient (Wildman–Crippen LogP) is 5.95. The van der Waals surface area contributed by atoms with Crippen LogP contribution in [-0.2, 0) is 20.7 Å². The molecule has 1 N–H and O–H groups in total. The zero-order valence-electron chi connectivity index (χ0n) is 17.5. The molecule has 0 saturated carbocycles. The summed E-state index contributed by atoms with van der Waals surface area (Å²) in [5.74, 6) is -1.10. The van der Waals surface area contributed by atoms with Crippen LogP contribution in [0.3, 0.4) is 0 Å². The molecule has 2 aromatic carbocycles. The van der Waals surface area contributed by atoms with Gasteiger partial charge in [0.2, 0.25) is 0 Å². The number of halogens is 4. The first-order valence-corrected chi connectivity index (χ1v) is 10.7. The maximum atomic E-state index is 13.2. The summed E-state index contributed by atoms with van der Waals surface area (Å²) in [6, 6.07) is 9.99. The van der Waals surface area contributed by atoms with Crippen LogP contribution in [0.25, 0.3) is 0 Å². The molecule has 0 aliphatic carbocycles. The van der Waals surface area contributed by atoms with Crippen molar-refractivity contribution in [3.63, 3.8) is 0 Å². The number of rotatable bonds is 10. The SMILES string of the molecule is CCCCOOC(C)(CSc1ccc(F)cc1)C(=O)Nc1ccc(C#N)c(C(F)(F)F)c1. The lowest BCUT2D eigenvalue weighted by molar-refractivity contribution is -0.340. The summed E-state index contributed by atoms with van der Waals surface area (Å²) in [7, 11) is 0. The van der Waals surface area contributed by atoms with Gasteiger partial charge in [-0.25, -0.2) is 14.2 Å². The van der Waals surface area contributed by atoms with Crippen LogP contribution in [0.5, 0.6) is 0 Å². The van der Waals surface area contributed by atoms with Crippen molar-refractivity contribution in [2.45, 2.75) is 43.4 Å². The Kier molecular flexibility index (Phi) is 9.07. The summed E-state index contributed by atoms with van der Waals surface area (Å²) in [4.78, 5) is 24.2. The summed E-state index contributed by atoms with van der Waals surface area (Å²) in [6.07, 6.45) is -3.23. The van der Waals surface area contributed by atoms with Gasteiger partial charge in [0.15, 0.2) is 5.60 Å². The van der Waals surface area contributed by atoms with E-state index in [9.17, 15) is 22.4 Å². The first-order valence-electron chi connectivity index (χ1n) is 9.71. The van der Waals surface area contributed by atoms with Crippen LogP contribution in [0.4, 0.5) is 23.2 Å². The molecule has 0 aromatic heterocycles. The largest absolute Gasteiger partial charge is 0.417 e. The Labute approximate surface area is 187 Å². The fourth-order valence-electron chi connectivity index (χ4n) is 2.47. The molecule has 1 unspecified atom stereocenters. The lowest BCUT2D eigenvalue weighted by Crippen LogP contribution is -2.45. The van der Waals surface area contributed by atoms with Crippen molar-refractivity contribution in [1.82, 2.24) is 0 Å². The predicted molar refractivity (Wildman–Crippen MR) is 112 cm³/mol. The standard InChI is InChI=1S/C22H22F4N2O3S/c1-3-4-11-30-31-21(2,14-32-18-9-6-16(23)7-10-18)20(29)28-17-8-5-15(13-27)19(12-17)22(24,25)26/h5-10,12H,3-4,11,14H2,1-2H3,(H,28,29). The van der Waals surface area contributed by atoms with Gasteiger partial charge >= 0.3 is 6.18 Å². The van der Waals surface area contributed by atoms with E-state index in [1.807, 2.05) is 6.92 Å². The van der Waals surface area contributed by atoms with Crippen molar-refractivity contribution in [2.75, 3.05) is 17.7 Å². The number of hydrogen-bond donors (Lipinski definition) is 1. The Morgan fingerprint density at radius 2 is 1.88 bits per heavy atom. The number of anilines is 1. The van der Waals surface area contributed by atoms with Crippen LogP contribution in [-0.4, -0.2) is 23.9 Å². The van der Waals surface area contributed by atoms with Crippen LogP contribution in [0.2, 0.25) is 0 Å². The van der Waals surface area contributed by atoms with Crippen LogP contribution in [0.1, 0.15) is 37.8 Å². The number of amides is 1. The van der Waals surface area contributed by atoms with Crippen molar-refractivity contribution in [2.24, 2.45) is 0 Å². The van der Waals surface area contributed by atoms with Crippen LogP contribution >= 0.6 is 11.8 Å². The summed E-state index contributed by atoms with van der Waals surface area (Å²) < 4.78 is 52.8. The van der Waals surface area contributed by atoms with Crippen molar-refractivity contribution in [1.29, 1.82) is 5.26 Å². The molecule has 32 heavy (non-hydrogen) atoms. The Hall–Kier alpha value is -2.61. The van der Waals surface area contributed by atoms with E-state index in [1.54, 1.807) is 0 Å². The van der Waals surface area contributed by atoms with Gasteiger partial charge in [-0.2, -0.15) is 18.4 Å². The number of thioether (sulfide) groups is 1. The number of carbonyl (C=O) groups is 1. The number of hydrogen-bond acceptors (Lipinski definition) is 5. The lowest BCUT2D eigenvalue weighted by atomic mass is 10.1. The zero-order chi connectivity index (χ0) is 23.8. The number of nitrogens with one attached hydrogen (secondary N) is 1. The number of nitriles is 1. The summed E-state index contributed by atoms with van der Waals surface area (Å²) in [6.45, 7) is 3.62. The third-order valence-corrected chi connectivity index (χ3v) is 5.64. The number of nitrogens with zero attached hydrogens (tertiary/aromatic N) is 1. The van der Waals surface area contributed by atoms with Gasteiger partial charge in [-0.3, -0.25) is 4.79 Å². The highest BCUT2D eigenvalue weighted by atomic mass is 32.2. The molecule has 0 spiro atoms. The number of alkyl halides is 3. The molecule has 2 rings (SSSR count). The quantitative estimate of drug-likeness (QED) is 0.153. The highest BCUT2D eigenvalue weighted by Crippen LogP contribution is 2.34. The van der Waals surface area contributed by atoms with Gasteiger partial charge in [0, 0.05) is 16.3 Å². The molecule has 5 nitrogen and oxygen atoms in total. The van der Waals surface area contributed by atoms with Gasteiger partial charge in [-0.15, -0.1) is 11.8 Å². The normalized spacial score (nSPS) is 13.3. The summed E-state index contributed by atoms with van der Waals surface area (Å²) in [5, 5.41) is 11.3. The lowest BCUT2D eigenvalue weighted by Gasteiger charge is -2.27. The molecule has 0 radical (unpaired) electrons. The molecule has 10 heteroatoms. The molecule has 0 fully saturated rings. The molecule has 0 heterocycles. The van der Waals surface area contributed by atoms with Crippen molar-refractivity contribution < 1.29 is 32.1 Å². The molecule has 0 bridgehead atoms. The monoisotopic (exact) mass is 470 g/mol. The summed E-state index contributed by atoms with van der Waals surface area (Å²) >= 11 is 1.20. The number of carbonyl (C=O) groups excluding carboxylic acids is 1. The minimum absolute atomic E-state index is 0.0407. The van der Waals surface area contributed by atoms with Gasteiger partial charge < -0.3 is 5.32 Å². The van der Waals surface area contributed by atoms with E-state index in [0.717, 1.165) is 12.5 Å². The van der Waals surface area contributed by atoms with Gasteiger partial charge in [0.05, 0.1) is 23.8 Å². The molecular formula is C22H22F4N2O3S. The van der Waals surface area contributed by atoms with Gasteiger partial charge in [-0.1, -0.05) is 13.3 Å². The second-order valence-corrected chi connectivity index (χ2v) is 8.11. The molecule has 2 aromatic rings. The second-order valence-electron chi connectivity index (χ2n) is 7.06. The molecule has 0 aliphatic heterocycles. The molecular weight excluding hydrogens is 448 g/mol. The summed E-state index contributed by atoms with van der Waals surface area (Å²) in [5.41, 5.74) is -3.42. The Balaban J connectivity index is 2.21. The molecule has 0 aliphatic rings. The first kappa shape index (κ1) is 25.6. The van der Waals surface area contributed by atoms with Crippen LogP contribution in [0, 0.1) is 17.1 Å². The van der Waals surface area contributed by atoms with Crippen molar-refractivity contribution >= 4 is 23.4 Å². The Morgan fingerprint density at radius 3 is 2.47 bits per heavy atom. The fraction of sp³-hybridized carbons (Fsp3) is 0.364. The molecule has 1 amide bonds. The van der Waals surface area contributed by atoms with Crippen LogP contribution < -0.4 is 5.32 Å². The smallest absolute Gasteiger partial charge is 0.323 e. The van der Waals surface area contributed by atoms with Crippen molar-refractivity contribution in [3.05, 3.63) is 59.4 Å². The minimum atomic E-state index is -4.76. The van der Waals surface area contributed by atoms with E-state index in [4.69, 9.17) is 15.0 Å². The van der Waals surface area contributed by atoms with Gasteiger partial charge in [0.25, 0.3) is 5.91 Å². The topological polar surface area (TPSA) is 71.3 Å². The Bertz CT molecular complexity index is 961. The maximum absolute atomic E-state index is 13.2. The van der Waals surface area contributed by atoms with E-state index < -0.39 is 34.6 Å². The highest BCUT2D eigenvalue weighted by molar-refractivity contribution is 7.99. The Morgan fingerprint density at radius 1 is 1.19 bits per heavy atom. The number of unbranched alkanes of at least 4 members (excludes halogenated alkanes) is 1. The molecule has 172 valence electrons. The van der Waals surface area contributed by atoms with Crippen LogP contribution in [0.15, 0.2) is 47.4 Å². The minimum Gasteiger partial charge on any atom is -0.323 e. The zero-order valence-corrected chi connectivity index (χ0v) is 18.3. The van der Waals surface area contributed by atoms with E-state index >= 15 is 0 Å². The van der Waals surface area contributed by atoms with E-state index in [2.05, 4.69) is 5.32 Å². The fourth-order valence-corrected chi connectivity index (χ4v) is 3.42. The van der Waals surface area contributed by atoms with E-state index in [0.29, 0.717) is 17.4 Å². The average Bonchev–Trinajstić information content (AvgIpc) is 2.75. The van der Waals surface area contributed by atoms with Crippen molar-refractivity contribution in [3.8, 4) is 6.07 Å². The molecule has 1 atom stereocenters. The first-order chi connectivity index (χ1) is 15.1. The third-order valence-electron chi connectivity index (χ3n) is 4.34. The van der Waals surface area contributed by atoms with Gasteiger partial charge in [0.1, 0.15) is 5.82 Å². The maximum Gasteiger partial charge on any atom is 0.417 e. The van der Waals surface area contributed by atoms with E-state index in [-0.39, 0.29) is 18.0 Å². The average molecular weight is 470 g/mol. The van der Waals surface area contributed by atoms with Gasteiger partial charge in [-0.05, 0) is 55.8 Å². The third kappa shape index (κ3) is 7.22. The second kappa shape index (κ2) is 11.3. The highest BCUT2D eigenvalue weighted by Gasteiger charge is 2.38. The molecule has 0 saturated heterocycles.